The summed E-state index contributed by atoms with van der Waals surface area (Å²) in [5.41, 5.74) is 4.45. The van der Waals surface area contributed by atoms with Gasteiger partial charge in [-0.25, -0.2) is 4.98 Å². The molecule has 0 atom stereocenters. The van der Waals surface area contributed by atoms with Crippen LogP contribution < -0.4 is 4.74 Å². The fraction of sp³-hybridized carbons (Fsp3) is 0.273. The molecule has 1 amide bonds. The number of aryl methyl sites for hydroxylation is 1. The smallest absolute Gasteiger partial charge is 0.254 e. The van der Waals surface area contributed by atoms with E-state index in [1.165, 1.54) is 0 Å². The number of methoxy groups -OCH3 is 1. The van der Waals surface area contributed by atoms with E-state index in [9.17, 15) is 4.79 Å². The number of carbonyl (C=O) groups excluding carboxylic acids is 1. The number of hydrogen-bond donors (Lipinski definition) is 1. The summed E-state index contributed by atoms with van der Waals surface area (Å²) in [4.78, 5) is 22.8. The first kappa shape index (κ1) is 17.8. The average molecular weight is 390 g/mol. The Bertz CT molecular complexity index is 1220. The average Bonchev–Trinajstić information content (AvgIpc) is 3.34. The normalized spacial score (nSPS) is 14.6. The summed E-state index contributed by atoms with van der Waals surface area (Å²) in [6, 6.07) is 9.85. The standard InChI is InChI=1S/C22H22N4O3/c1-25-13-18(16-11-14(28-2)3-4-20(16)25)19-12-17-15(5-6-23-21(17)24-19)22(27)26-7-9-29-10-8-26/h3-6,11-13H,7-10H2,1-2H3,(H,23,24). The molecule has 5 rings (SSSR count). The largest absolute Gasteiger partial charge is 0.497 e. The number of nitrogens with zero attached hydrogens (tertiary/aromatic N) is 3. The van der Waals surface area contributed by atoms with Gasteiger partial charge in [0, 0.05) is 60.1 Å². The van der Waals surface area contributed by atoms with Gasteiger partial charge in [0.15, 0.2) is 0 Å². The Morgan fingerprint density at radius 3 is 2.79 bits per heavy atom. The highest BCUT2D eigenvalue weighted by atomic mass is 16.5. The number of nitrogens with one attached hydrogen (secondary N) is 1. The molecule has 4 aromatic rings. The van der Waals surface area contributed by atoms with Crippen molar-refractivity contribution >= 4 is 27.8 Å². The molecule has 0 unspecified atom stereocenters. The number of ether oxygens (including phenoxy) is 2. The van der Waals surface area contributed by atoms with E-state index in [4.69, 9.17) is 9.47 Å². The van der Waals surface area contributed by atoms with E-state index in [2.05, 4.69) is 20.7 Å². The van der Waals surface area contributed by atoms with Crippen LogP contribution >= 0.6 is 0 Å². The quantitative estimate of drug-likeness (QED) is 0.583. The Morgan fingerprint density at radius 2 is 2.00 bits per heavy atom. The van der Waals surface area contributed by atoms with Crippen LogP contribution in [0.15, 0.2) is 42.7 Å². The molecular weight excluding hydrogens is 368 g/mol. The second kappa shape index (κ2) is 6.93. The molecule has 1 aliphatic rings. The van der Waals surface area contributed by atoms with Gasteiger partial charge in [0.1, 0.15) is 11.4 Å². The lowest BCUT2D eigenvalue weighted by Crippen LogP contribution is -2.40. The number of H-pyrrole nitrogens is 1. The molecule has 1 N–H and O–H groups in total. The van der Waals surface area contributed by atoms with Crippen LogP contribution in [0.5, 0.6) is 5.75 Å². The predicted molar refractivity (Wildman–Crippen MR) is 111 cm³/mol. The maximum atomic E-state index is 13.1. The molecule has 29 heavy (non-hydrogen) atoms. The molecule has 1 aromatic carbocycles. The van der Waals surface area contributed by atoms with Crippen molar-refractivity contribution in [3.8, 4) is 17.0 Å². The molecule has 0 aliphatic carbocycles. The molecule has 4 heterocycles. The van der Waals surface area contributed by atoms with E-state index < -0.39 is 0 Å². The number of hydrogen-bond acceptors (Lipinski definition) is 4. The van der Waals surface area contributed by atoms with Crippen molar-refractivity contribution in [3.63, 3.8) is 0 Å². The third-order valence-electron chi connectivity index (χ3n) is 5.55. The Balaban J connectivity index is 1.63. The van der Waals surface area contributed by atoms with Crippen molar-refractivity contribution in [1.82, 2.24) is 19.4 Å². The monoisotopic (exact) mass is 390 g/mol. The van der Waals surface area contributed by atoms with Gasteiger partial charge < -0.3 is 23.9 Å². The van der Waals surface area contributed by atoms with Crippen LogP contribution in [0, 0.1) is 0 Å². The lowest BCUT2D eigenvalue weighted by atomic mass is 10.1. The minimum Gasteiger partial charge on any atom is -0.497 e. The Labute approximate surface area is 167 Å². The molecule has 0 bridgehead atoms. The van der Waals surface area contributed by atoms with E-state index in [-0.39, 0.29) is 5.91 Å². The van der Waals surface area contributed by atoms with E-state index in [1.54, 1.807) is 19.4 Å². The van der Waals surface area contributed by atoms with Crippen LogP contribution in [-0.2, 0) is 11.8 Å². The zero-order valence-corrected chi connectivity index (χ0v) is 16.4. The Hall–Kier alpha value is -3.32. The maximum Gasteiger partial charge on any atom is 0.254 e. The van der Waals surface area contributed by atoms with Crippen molar-refractivity contribution in [1.29, 1.82) is 0 Å². The summed E-state index contributed by atoms with van der Waals surface area (Å²) >= 11 is 0. The number of carbonyl (C=O) groups is 1. The number of amides is 1. The summed E-state index contributed by atoms with van der Waals surface area (Å²) in [6.45, 7) is 2.39. The number of fused-ring (bicyclic) bond motifs is 2. The molecule has 0 saturated carbocycles. The van der Waals surface area contributed by atoms with Crippen LogP contribution in [0.25, 0.3) is 33.2 Å². The number of rotatable bonds is 3. The zero-order chi connectivity index (χ0) is 20.0. The number of morpholine rings is 1. The molecule has 7 heteroatoms. The fourth-order valence-corrected chi connectivity index (χ4v) is 4.01. The molecule has 7 nitrogen and oxygen atoms in total. The highest BCUT2D eigenvalue weighted by Gasteiger charge is 2.22. The molecule has 3 aromatic heterocycles. The second-order valence-electron chi connectivity index (χ2n) is 7.25. The summed E-state index contributed by atoms with van der Waals surface area (Å²) in [5.74, 6) is 0.827. The van der Waals surface area contributed by atoms with Gasteiger partial charge in [-0.05, 0) is 30.3 Å². The molecule has 0 radical (unpaired) electrons. The number of aromatic amines is 1. The van der Waals surface area contributed by atoms with Gasteiger partial charge in [-0.1, -0.05) is 0 Å². The van der Waals surface area contributed by atoms with Crippen molar-refractivity contribution < 1.29 is 14.3 Å². The van der Waals surface area contributed by atoms with Crippen LogP contribution in [0.2, 0.25) is 0 Å². The molecule has 0 spiro atoms. The van der Waals surface area contributed by atoms with Gasteiger partial charge in [0.2, 0.25) is 0 Å². The first-order chi connectivity index (χ1) is 14.2. The molecule has 1 saturated heterocycles. The summed E-state index contributed by atoms with van der Waals surface area (Å²) in [5, 5.41) is 1.92. The lowest BCUT2D eigenvalue weighted by Gasteiger charge is -2.27. The first-order valence-electron chi connectivity index (χ1n) is 9.64. The van der Waals surface area contributed by atoms with Crippen molar-refractivity contribution in [3.05, 3.63) is 48.3 Å². The SMILES string of the molecule is COc1ccc2c(c1)c(-c1cc3c(C(=O)N4CCOCC4)ccnc3[nH]1)cn2C. The number of benzene rings is 1. The summed E-state index contributed by atoms with van der Waals surface area (Å²) in [6.07, 6.45) is 3.76. The van der Waals surface area contributed by atoms with Crippen molar-refractivity contribution in [2.45, 2.75) is 0 Å². The Kier molecular flexibility index (Phi) is 4.24. The Morgan fingerprint density at radius 1 is 1.17 bits per heavy atom. The van der Waals surface area contributed by atoms with Gasteiger partial charge in [-0.15, -0.1) is 0 Å². The van der Waals surface area contributed by atoms with Gasteiger partial charge in [-0.2, -0.15) is 0 Å². The second-order valence-corrected chi connectivity index (χ2v) is 7.25. The van der Waals surface area contributed by atoms with Gasteiger partial charge in [0.25, 0.3) is 5.91 Å². The summed E-state index contributed by atoms with van der Waals surface area (Å²) in [7, 11) is 3.69. The van der Waals surface area contributed by atoms with E-state index >= 15 is 0 Å². The maximum absolute atomic E-state index is 13.1. The highest BCUT2D eigenvalue weighted by molar-refractivity contribution is 6.07. The highest BCUT2D eigenvalue weighted by Crippen LogP contribution is 2.34. The molecular formula is C22H22N4O3. The first-order valence-corrected chi connectivity index (χ1v) is 9.64. The van der Waals surface area contributed by atoms with Gasteiger partial charge in [-0.3, -0.25) is 4.79 Å². The number of pyridine rings is 1. The van der Waals surface area contributed by atoms with Crippen LogP contribution in [0.1, 0.15) is 10.4 Å². The zero-order valence-electron chi connectivity index (χ0n) is 16.4. The van der Waals surface area contributed by atoms with Gasteiger partial charge in [0.05, 0.1) is 25.9 Å². The fourth-order valence-electron chi connectivity index (χ4n) is 4.01. The molecule has 1 aliphatic heterocycles. The van der Waals surface area contributed by atoms with E-state index in [0.29, 0.717) is 37.5 Å². The van der Waals surface area contributed by atoms with Gasteiger partial charge >= 0.3 is 0 Å². The topological polar surface area (TPSA) is 72.4 Å². The molecule has 1 fully saturated rings. The number of aromatic nitrogens is 3. The van der Waals surface area contributed by atoms with E-state index in [0.717, 1.165) is 33.3 Å². The van der Waals surface area contributed by atoms with Crippen LogP contribution in [-0.4, -0.2) is 58.8 Å². The predicted octanol–water partition coefficient (Wildman–Crippen LogP) is 3.20. The third-order valence-corrected chi connectivity index (χ3v) is 5.55. The third kappa shape index (κ3) is 2.94. The van der Waals surface area contributed by atoms with Crippen molar-refractivity contribution in [2.24, 2.45) is 7.05 Å². The van der Waals surface area contributed by atoms with Crippen LogP contribution in [0.3, 0.4) is 0 Å². The summed E-state index contributed by atoms with van der Waals surface area (Å²) < 4.78 is 12.9. The molecule has 148 valence electrons. The van der Waals surface area contributed by atoms with E-state index in [1.807, 2.05) is 36.2 Å². The van der Waals surface area contributed by atoms with Crippen molar-refractivity contribution in [2.75, 3.05) is 33.4 Å². The minimum atomic E-state index is 0.0193. The lowest BCUT2D eigenvalue weighted by molar-refractivity contribution is 0.0304. The van der Waals surface area contributed by atoms with Crippen LogP contribution in [0.4, 0.5) is 0 Å². The minimum absolute atomic E-state index is 0.0193.